The summed E-state index contributed by atoms with van der Waals surface area (Å²) in [6.45, 7) is -1.67. The van der Waals surface area contributed by atoms with E-state index in [-0.39, 0.29) is 17.0 Å². The van der Waals surface area contributed by atoms with Gasteiger partial charge in [0, 0.05) is 6.54 Å². The van der Waals surface area contributed by atoms with E-state index in [0.29, 0.717) is 0 Å². The Hall–Kier alpha value is -1.12. The summed E-state index contributed by atoms with van der Waals surface area (Å²) in [5.41, 5.74) is 5.58. The third kappa shape index (κ3) is 3.99. The van der Waals surface area contributed by atoms with Gasteiger partial charge in [-0.05, 0) is 11.6 Å². The number of rotatable bonds is 4. The lowest BCUT2D eigenvalue weighted by Gasteiger charge is -2.11. The lowest BCUT2D eigenvalue weighted by atomic mass is 10.2. The molecule has 0 radical (unpaired) electrons. The summed E-state index contributed by atoms with van der Waals surface area (Å²) >= 11 is 0. The average molecular weight is 268 g/mol. The minimum atomic E-state index is -4.59. The number of halogens is 3. The minimum absolute atomic E-state index is 0.0664. The highest BCUT2D eigenvalue weighted by atomic mass is 32.2. The highest BCUT2D eigenvalue weighted by Gasteiger charge is 2.30. The van der Waals surface area contributed by atoms with Crippen LogP contribution in [0.1, 0.15) is 5.56 Å². The molecule has 0 fully saturated rings. The van der Waals surface area contributed by atoms with E-state index >= 15 is 0 Å². The van der Waals surface area contributed by atoms with Crippen molar-refractivity contribution in [1.29, 1.82) is 0 Å². The molecule has 96 valence electrons. The van der Waals surface area contributed by atoms with Gasteiger partial charge in [0.1, 0.15) is 6.54 Å². The van der Waals surface area contributed by atoms with Gasteiger partial charge in [-0.25, -0.2) is 13.1 Å². The molecule has 3 N–H and O–H groups in total. The number of nitrogens with one attached hydrogen (secondary N) is 1. The molecule has 17 heavy (non-hydrogen) atoms. The van der Waals surface area contributed by atoms with Gasteiger partial charge in [-0.3, -0.25) is 0 Å². The van der Waals surface area contributed by atoms with E-state index in [1.54, 1.807) is 6.07 Å². The molecule has 4 nitrogen and oxygen atoms in total. The van der Waals surface area contributed by atoms with Crippen molar-refractivity contribution in [3.05, 3.63) is 29.8 Å². The van der Waals surface area contributed by atoms with Gasteiger partial charge in [-0.2, -0.15) is 13.2 Å². The Morgan fingerprint density at radius 2 is 1.82 bits per heavy atom. The quantitative estimate of drug-likeness (QED) is 0.855. The van der Waals surface area contributed by atoms with Crippen molar-refractivity contribution in [2.75, 3.05) is 6.54 Å². The molecule has 0 saturated heterocycles. The van der Waals surface area contributed by atoms with Gasteiger partial charge >= 0.3 is 6.18 Å². The van der Waals surface area contributed by atoms with Crippen LogP contribution in [-0.4, -0.2) is 21.1 Å². The number of benzene rings is 1. The van der Waals surface area contributed by atoms with Gasteiger partial charge in [-0.15, -0.1) is 0 Å². The van der Waals surface area contributed by atoms with E-state index in [9.17, 15) is 21.6 Å². The normalized spacial score (nSPS) is 12.7. The Bertz CT molecular complexity index is 485. The molecule has 8 heteroatoms. The first-order valence-electron chi connectivity index (χ1n) is 4.60. The molecule has 0 unspecified atom stereocenters. The Morgan fingerprint density at radius 3 is 2.35 bits per heavy atom. The van der Waals surface area contributed by atoms with Crippen LogP contribution in [0, 0.1) is 0 Å². The third-order valence-electron chi connectivity index (χ3n) is 1.94. The maximum Gasteiger partial charge on any atom is 0.402 e. The standard InChI is InChI=1S/C9H11F3N2O2S/c10-9(11,12)6-14-17(15,16)8-4-2-1-3-7(8)5-13/h1-4,14H,5-6,13H2. The lowest BCUT2D eigenvalue weighted by molar-refractivity contribution is -0.121. The van der Waals surface area contributed by atoms with Gasteiger partial charge in [-0.1, -0.05) is 18.2 Å². The number of hydrogen-bond donors (Lipinski definition) is 2. The van der Waals surface area contributed by atoms with Crippen molar-refractivity contribution in [3.8, 4) is 0 Å². The molecule has 0 aliphatic rings. The lowest BCUT2D eigenvalue weighted by Crippen LogP contribution is -2.34. The Labute approximate surface area is 96.7 Å². The molecule has 0 atom stereocenters. The second-order valence-electron chi connectivity index (χ2n) is 3.25. The second-order valence-corrected chi connectivity index (χ2v) is 4.99. The van der Waals surface area contributed by atoms with Gasteiger partial charge in [0.15, 0.2) is 0 Å². The van der Waals surface area contributed by atoms with Crippen LogP contribution < -0.4 is 10.5 Å². The number of alkyl halides is 3. The summed E-state index contributed by atoms with van der Waals surface area (Å²) in [5.74, 6) is 0. The van der Waals surface area contributed by atoms with Gasteiger partial charge in [0.05, 0.1) is 4.90 Å². The summed E-state index contributed by atoms with van der Waals surface area (Å²) in [6, 6.07) is 5.63. The van der Waals surface area contributed by atoms with Crippen LogP contribution in [0.2, 0.25) is 0 Å². The first kappa shape index (κ1) is 13.9. The molecular formula is C9H11F3N2O2S. The van der Waals surface area contributed by atoms with Crippen LogP contribution in [0.15, 0.2) is 29.2 Å². The van der Waals surface area contributed by atoms with Crippen molar-refractivity contribution >= 4 is 10.0 Å². The molecule has 1 rings (SSSR count). The first-order chi connectivity index (χ1) is 7.76. The van der Waals surface area contributed by atoms with E-state index in [1.807, 2.05) is 0 Å². The van der Waals surface area contributed by atoms with Crippen LogP contribution in [0.3, 0.4) is 0 Å². The van der Waals surface area contributed by atoms with Crippen molar-refractivity contribution < 1.29 is 21.6 Å². The molecule has 0 aromatic heterocycles. The van der Waals surface area contributed by atoms with E-state index in [2.05, 4.69) is 0 Å². The van der Waals surface area contributed by atoms with Crippen LogP contribution in [0.5, 0.6) is 0 Å². The summed E-state index contributed by atoms with van der Waals surface area (Å²) in [7, 11) is -4.19. The highest BCUT2D eigenvalue weighted by Crippen LogP contribution is 2.17. The molecule has 0 heterocycles. The van der Waals surface area contributed by atoms with Crippen LogP contribution >= 0.6 is 0 Å². The largest absolute Gasteiger partial charge is 0.402 e. The predicted octanol–water partition coefficient (Wildman–Crippen LogP) is 0.986. The van der Waals surface area contributed by atoms with Crippen molar-refractivity contribution in [3.63, 3.8) is 0 Å². The molecule has 0 saturated carbocycles. The molecule has 0 spiro atoms. The smallest absolute Gasteiger partial charge is 0.326 e. The van der Waals surface area contributed by atoms with E-state index in [0.717, 1.165) is 0 Å². The van der Waals surface area contributed by atoms with Crippen molar-refractivity contribution in [2.24, 2.45) is 5.73 Å². The van der Waals surface area contributed by atoms with E-state index in [1.165, 1.54) is 22.9 Å². The van der Waals surface area contributed by atoms with E-state index < -0.39 is 22.7 Å². The average Bonchev–Trinajstić information content (AvgIpc) is 2.26. The zero-order valence-electron chi connectivity index (χ0n) is 8.66. The SMILES string of the molecule is NCc1ccccc1S(=O)(=O)NCC(F)(F)F. The fraction of sp³-hybridized carbons (Fsp3) is 0.333. The van der Waals surface area contributed by atoms with E-state index in [4.69, 9.17) is 5.73 Å². The topological polar surface area (TPSA) is 72.2 Å². The summed E-state index contributed by atoms with van der Waals surface area (Å²) in [4.78, 5) is -0.230. The summed E-state index contributed by atoms with van der Waals surface area (Å²) in [6.07, 6.45) is -4.59. The van der Waals surface area contributed by atoms with Gasteiger partial charge < -0.3 is 5.73 Å². The molecule has 0 amide bonds. The van der Waals surface area contributed by atoms with Crippen LogP contribution in [0.4, 0.5) is 13.2 Å². The Balaban J connectivity index is 2.98. The second kappa shape index (κ2) is 5.03. The molecule has 0 aliphatic carbocycles. The molecule has 0 bridgehead atoms. The van der Waals surface area contributed by atoms with Crippen LogP contribution in [0.25, 0.3) is 0 Å². The summed E-state index contributed by atoms with van der Waals surface area (Å²) < 4.78 is 60.5. The monoisotopic (exact) mass is 268 g/mol. The van der Waals surface area contributed by atoms with Crippen LogP contribution in [-0.2, 0) is 16.6 Å². The molecule has 1 aromatic carbocycles. The fourth-order valence-electron chi connectivity index (χ4n) is 1.19. The number of sulfonamides is 1. The third-order valence-corrected chi connectivity index (χ3v) is 3.45. The Morgan fingerprint density at radius 1 is 1.24 bits per heavy atom. The molecule has 0 aliphatic heterocycles. The zero-order valence-corrected chi connectivity index (χ0v) is 9.48. The maximum atomic E-state index is 11.9. The Kier molecular flexibility index (Phi) is 4.12. The van der Waals surface area contributed by atoms with Gasteiger partial charge in [0.25, 0.3) is 0 Å². The predicted molar refractivity (Wildman–Crippen MR) is 55.6 cm³/mol. The maximum absolute atomic E-state index is 11.9. The molecular weight excluding hydrogens is 257 g/mol. The van der Waals surface area contributed by atoms with Crippen molar-refractivity contribution in [1.82, 2.24) is 4.72 Å². The number of hydrogen-bond acceptors (Lipinski definition) is 3. The number of nitrogens with two attached hydrogens (primary N) is 1. The zero-order chi connectivity index (χ0) is 13.1. The fourth-order valence-corrected chi connectivity index (χ4v) is 2.45. The van der Waals surface area contributed by atoms with Gasteiger partial charge in [0.2, 0.25) is 10.0 Å². The first-order valence-corrected chi connectivity index (χ1v) is 6.09. The summed E-state index contributed by atoms with van der Waals surface area (Å²) in [5, 5.41) is 0. The highest BCUT2D eigenvalue weighted by molar-refractivity contribution is 7.89. The molecule has 1 aromatic rings. The minimum Gasteiger partial charge on any atom is -0.326 e. The van der Waals surface area contributed by atoms with Crippen molar-refractivity contribution in [2.45, 2.75) is 17.6 Å².